The van der Waals surface area contributed by atoms with Crippen LogP contribution in [0.2, 0.25) is 0 Å². The summed E-state index contributed by atoms with van der Waals surface area (Å²) >= 11 is 0. The molecular formula is C15H32N4. The Bertz CT molecular complexity index is 257. The zero-order valence-electron chi connectivity index (χ0n) is 13.2. The van der Waals surface area contributed by atoms with Gasteiger partial charge in [-0.1, -0.05) is 13.8 Å². The van der Waals surface area contributed by atoms with E-state index >= 15 is 0 Å². The molecule has 4 heteroatoms. The summed E-state index contributed by atoms with van der Waals surface area (Å²) in [6.45, 7) is 14.2. The van der Waals surface area contributed by atoms with Gasteiger partial charge in [0.1, 0.15) is 0 Å². The second-order valence-corrected chi connectivity index (χ2v) is 5.74. The van der Waals surface area contributed by atoms with Crippen molar-refractivity contribution in [2.75, 3.05) is 32.7 Å². The zero-order valence-corrected chi connectivity index (χ0v) is 13.2. The SMILES string of the molecule is CCNC(=NCCN1CCC(C)CC1)NC(C)CC. The molecule has 0 aromatic heterocycles. The Morgan fingerprint density at radius 3 is 2.58 bits per heavy atom. The summed E-state index contributed by atoms with van der Waals surface area (Å²) in [6.07, 6.45) is 3.80. The average Bonchev–Trinajstić information content (AvgIpc) is 2.41. The summed E-state index contributed by atoms with van der Waals surface area (Å²) in [7, 11) is 0. The predicted molar refractivity (Wildman–Crippen MR) is 83.7 cm³/mol. The fourth-order valence-electron chi connectivity index (χ4n) is 2.24. The van der Waals surface area contributed by atoms with Gasteiger partial charge in [0, 0.05) is 19.1 Å². The molecule has 1 rings (SSSR count). The number of hydrogen-bond donors (Lipinski definition) is 2. The molecule has 0 saturated carbocycles. The normalized spacial score (nSPS) is 20.3. The van der Waals surface area contributed by atoms with Gasteiger partial charge in [-0.05, 0) is 52.1 Å². The molecule has 1 atom stereocenters. The standard InChI is InChI=1S/C15H32N4/c1-5-14(4)18-15(16-6-2)17-9-12-19-10-7-13(3)8-11-19/h13-14H,5-12H2,1-4H3,(H2,16,17,18). The number of rotatable bonds is 6. The van der Waals surface area contributed by atoms with Gasteiger partial charge < -0.3 is 15.5 Å². The van der Waals surface area contributed by atoms with Crippen LogP contribution in [-0.4, -0.2) is 49.6 Å². The first-order chi connectivity index (χ1) is 9.15. The van der Waals surface area contributed by atoms with Gasteiger partial charge in [0.15, 0.2) is 5.96 Å². The van der Waals surface area contributed by atoms with Crippen LogP contribution in [0.4, 0.5) is 0 Å². The van der Waals surface area contributed by atoms with E-state index in [1.54, 1.807) is 0 Å². The van der Waals surface area contributed by atoms with Gasteiger partial charge in [-0.15, -0.1) is 0 Å². The predicted octanol–water partition coefficient (Wildman–Crippen LogP) is 2.07. The Balaban J connectivity index is 2.30. The Hall–Kier alpha value is -0.770. The molecule has 0 spiro atoms. The molecule has 112 valence electrons. The maximum atomic E-state index is 4.67. The minimum atomic E-state index is 0.480. The molecule has 2 N–H and O–H groups in total. The lowest BCUT2D eigenvalue weighted by Crippen LogP contribution is -2.42. The van der Waals surface area contributed by atoms with Crippen LogP contribution in [0.5, 0.6) is 0 Å². The second kappa shape index (κ2) is 9.18. The summed E-state index contributed by atoms with van der Waals surface area (Å²) in [4.78, 5) is 7.21. The Kier molecular flexibility index (Phi) is 7.87. The first kappa shape index (κ1) is 16.3. The molecule has 0 radical (unpaired) electrons. The van der Waals surface area contributed by atoms with E-state index in [1.165, 1.54) is 25.9 Å². The lowest BCUT2D eigenvalue weighted by Gasteiger charge is -2.29. The van der Waals surface area contributed by atoms with Gasteiger partial charge in [-0.25, -0.2) is 0 Å². The van der Waals surface area contributed by atoms with Crippen LogP contribution < -0.4 is 10.6 Å². The quantitative estimate of drug-likeness (QED) is 0.572. The first-order valence-corrected chi connectivity index (χ1v) is 7.92. The molecule has 0 bridgehead atoms. The maximum Gasteiger partial charge on any atom is 0.191 e. The largest absolute Gasteiger partial charge is 0.357 e. The zero-order chi connectivity index (χ0) is 14.1. The summed E-state index contributed by atoms with van der Waals surface area (Å²) in [5.41, 5.74) is 0. The van der Waals surface area contributed by atoms with Gasteiger partial charge in [0.25, 0.3) is 0 Å². The Morgan fingerprint density at radius 2 is 2.00 bits per heavy atom. The Morgan fingerprint density at radius 1 is 1.32 bits per heavy atom. The molecule has 19 heavy (non-hydrogen) atoms. The molecule has 1 unspecified atom stereocenters. The maximum absolute atomic E-state index is 4.67. The van der Waals surface area contributed by atoms with Gasteiger partial charge in [0.2, 0.25) is 0 Å². The number of aliphatic imine (C=N–C) groups is 1. The first-order valence-electron chi connectivity index (χ1n) is 7.92. The van der Waals surface area contributed by atoms with Crippen molar-refractivity contribution in [1.29, 1.82) is 0 Å². The highest BCUT2D eigenvalue weighted by Gasteiger charge is 2.14. The number of piperidine rings is 1. The highest BCUT2D eigenvalue weighted by molar-refractivity contribution is 5.80. The number of guanidine groups is 1. The molecule has 0 aliphatic carbocycles. The monoisotopic (exact) mass is 268 g/mol. The molecule has 1 fully saturated rings. The fourth-order valence-corrected chi connectivity index (χ4v) is 2.24. The average molecular weight is 268 g/mol. The number of hydrogen-bond acceptors (Lipinski definition) is 2. The smallest absolute Gasteiger partial charge is 0.191 e. The van der Waals surface area contributed by atoms with Crippen LogP contribution in [0, 0.1) is 5.92 Å². The van der Waals surface area contributed by atoms with Crippen LogP contribution in [0.25, 0.3) is 0 Å². The van der Waals surface area contributed by atoms with Crippen molar-refractivity contribution < 1.29 is 0 Å². The van der Waals surface area contributed by atoms with Gasteiger partial charge >= 0.3 is 0 Å². The molecule has 0 amide bonds. The molecule has 0 aromatic rings. The van der Waals surface area contributed by atoms with Crippen LogP contribution in [0.15, 0.2) is 4.99 Å². The third-order valence-electron chi connectivity index (χ3n) is 3.90. The minimum absolute atomic E-state index is 0.480. The number of likely N-dealkylation sites (tertiary alicyclic amines) is 1. The lowest BCUT2D eigenvalue weighted by atomic mass is 9.99. The Labute approximate surface area is 119 Å². The number of nitrogens with zero attached hydrogens (tertiary/aromatic N) is 2. The van der Waals surface area contributed by atoms with Crippen molar-refractivity contribution in [3.05, 3.63) is 0 Å². The van der Waals surface area contributed by atoms with Crippen LogP contribution in [0.3, 0.4) is 0 Å². The van der Waals surface area contributed by atoms with Gasteiger partial charge in [0.05, 0.1) is 6.54 Å². The molecule has 1 aliphatic rings. The molecule has 4 nitrogen and oxygen atoms in total. The molecular weight excluding hydrogens is 236 g/mol. The van der Waals surface area contributed by atoms with Gasteiger partial charge in [-0.2, -0.15) is 0 Å². The van der Waals surface area contributed by atoms with E-state index in [2.05, 4.69) is 48.2 Å². The van der Waals surface area contributed by atoms with Crippen molar-refractivity contribution in [2.45, 2.75) is 53.0 Å². The van der Waals surface area contributed by atoms with E-state index in [0.29, 0.717) is 6.04 Å². The fraction of sp³-hybridized carbons (Fsp3) is 0.933. The highest BCUT2D eigenvalue weighted by Crippen LogP contribution is 2.15. The third kappa shape index (κ3) is 6.81. The van der Waals surface area contributed by atoms with Crippen molar-refractivity contribution >= 4 is 5.96 Å². The van der Waals surface area contributed by atoms with E-state index in [1.807, 2.05) is 0 Å². The van der Waals surface area contributed by atoms with E-state index in [0.717, 1.165) is 37.9 Å². The third-order valence-corrected chi connectivity index (χ3v) is 3.90. The van der Waals surface area contributed by atoms with Crippen molar-refractivity contribution in [3.8, 4) is 0 Å². The van der Waals surface area contributed by atoms with E-state index in [9.17, 15) is 0 Å². The van der Waals surface area contributed by atoms with E-state index < -0.39 is 0 Å². The summed E-state index contributed by atoms with van der Waals surface area (Å²) in [6, 6.07) is 0.480. The van der Waals surface area contributed by atoms with Crippen molar-refractivity contribution in [3.63, 3.8) is 0 Å². The molecule has 1 saturated heterocycles. The summed E-state index contributed by atoms with van der Waals surface area (Å²) in [5.74, 6) is 1.87. The van der Waals surface area contributed by atoms with Gasteiger partial charge in [-0.3, -0.25) is 4.99 Å². The van der Waals surface area contributed by atoms with Crippen LogP contribution in [-0.2, 0) is 0 Å². The van der Waals surface area contributed by atoms with E-state index in [-0.39, 0.29) is 0 Å². The highest BCUT2D eigenvalue weighted by atomic mass is 15.2. The van der Waals surface area contributed by atoms with E-state index in [4.69, 9.17) is 0 Å². The lowest BCUT2D eigenvalue weighted by molar-refractivity contribution is 0.197. The van der Waals surface area contributed by atoms with Crippen LogP contribution in [0.1, 0.15) is 47.0 Å². The van der Waals surface area contributed by atoms with Crippen molar-refractivity contribution in [1.82, 2.24) is 15.5 Å². The molecule has 1 heterocycles. The topological polar surface area (TPSA) is 39.7 Å². The second-order valence-electron chi connectivity index (χ2n) is 5.74. The van der Waals surface area contributed by atoms with Crippen LogP contribution >= 0.6 is 0 Å². The molecule has 1 aliphatic heterocycles. The number of nitrogens with one attached hydrogen (secondary N) is 2. The summed E-state index contributed by atoms with van der Waals surface area (Å²) in [5, 5.41) is 6.75. The van der Waals surface area contributed by atoms with Crippen molar-refractivity contribution in [2.24, 2.45) is 10.9 Å². The summed E-state index contributed by atoms with van der Waals surface area (Å²) < 4.78 is 0. The minimum Gasteiger partial charge on any atom is -0.357 e. The molecule has 0 aromatic carbocycles.